The van der Waals surface area contributed by atoms with Crippen molar-refractivity contribution < 1.29 is 13.2 Å². The Bertz CT molecular complexity index is 478. The predicted molar refractivity (Wildman–Crippen MR) is 98.3 cm³/mol. The minimum absolute atomic E-state index is 0. The Morgan fingerprint density at radius 1 is 1.36 bits per heavy atom. The third kappa shape index (κ3) is 5.82. The molecule has 0 aliphatic carbocycles. The molecule has 130 valence electrons. The lowest BCUT2D eigenvalue weighted by Crippen LogP contribution is -2.42. The summed E-state index contributed by atoms with van der Waals surface area (Å²) in [4.78, 5) is 6.60. The quantitative estimate of drug-likeness (QED) is 0.274. The number of ether oxygens (including phenoxy) is 1. The van der Waals surface area contributed by atoms with E-state index in [9.17, 15) is 8.42 Å². The Balaban J connectivity index is 0.00000242. The predicted octanol–water partition coefficient (Wildman–Crippen LogP) is 0.232. The fraction of sp³-hybridized carbons (Fsp3) is 0.923. The normalized spacial score (nSPS) is 25.5. The lowest BCUT2D eigenvalue weighted by Gasteiger charge is -2.24. The van der Waals surface area contributed by atoms with Gasteiger partial charge in [0.1, 0.15) is 0 Å². The van der Waals surface area contributed by atoms with Crippen LogP contribution in [0, 0.1) is 5.41 Å². The maximum atomic E-state index is 11.0. The molecule has 2 heterocycles. The summed E-state index contributed by atoms with van der Waals surface area (Å²) in [5.74, 6) is 0.901. The number of hydrogen-bond acceptors (Lipinski definition) is 4. The van der Waals surface area contributed by atoms with Crippen molar-refractivity contribution in [1.82, 2.24) is 14.9 Å². The molecule has 0 aromatic heterocycles. The molecule has 0 saturated carbocycles. The number of likely N-dealkylation sites (tertiary alicyclic amines) is 1. The summed E-state index contributed by atoms with van der Waals surface area (Å²) >= 11 is 0. The molecule has 0 amide bonds. The molecule has 2 fully saturated rings. The number of guanidine groups is 1. The van der Waals surface area contributed by atoms with Gasteiger partial charge >= 0.3 is 0 Å². The van der Waals surface area contributed by atoms with Gasteiger partial charge in [-0.25, -0.2) is 13.1 Å². The van der Waals surface area contributed by atoms with Gasteiger partial charge in [-0.3, -0.25) is 4.99 Å². The van der Waals surface area contributed by atoms with Crippen LogP contribution in [0.5, 0.6) is 0 Å². The standard InChI is InChI=1S/C13H26N4O3S.HI/c1-14-12(15-6-3-7-16-21(2,18)19)17-8-4-13(10-17)5-9-20-11-13;/h16H,3-11H2,1-2H3,(H,14,15);1H. The molecular formula is C13H27IN4O3S. The van der Waals surface area contributed by atoms with Gasteiger partial charge in [-0.1, -0.05) is 0 Å². The molecule has 0 radical (unpaired) electrons. The molecule has 0 aromatic carbocycles. The van der Waals surface area contributed by atoms with Crippen molar-refractivity contribution in [3.63, 3.8) is 0 Å². The van der Waals surface area contributed by atoms with Gasteiger partial charge in [-0.05, 0) is 19.3 Å². The van der Waals surface area contributed by atoms with Gasteiger partial charge in [0.15, 0.2) is 5.96 Å². The molecule has 7 nitrogen and oxygen atoms in total. The number of halogens is 1. The SMILES string of the molecule is CN=C(NCCCNS(C)(=O)=O)N1CCC2(CCOC2)C1.I. The smallest absolute Gasteiger partial charge is 0.208 e. The van der Waals surface area contributed by atoms with E-state index >= 15 is 0 Å². The van der Waals surface area contributed by atoms with Crippen LogP contribution >= 0.6 is 24.0 Å². The molecule has 2 aliphatic rings. The van der Waals surface area contributed by atoms with Crippen LogP contribution in [0.15, 0.2) is 4.99 Å². The van der Waals surface area contributed by atoms with Crippen molar-refractivity contribution >= 4 is 40.0 Å². The maximum absolute atomic E-state index is 11.0. The largest absolute Gasteiger partial charge is 0.381 e. The topological polar surface area (TPSA) is 83.0 Å². The monoisotopic (exact) mass is 446 g/mol. The van der Waals surface area contributed by atoms with E-state index in [-0.39, 0.29) is 24.0 Å². The molecule has 2 saturated heterocycles. The van der Waals surface area contributed by atoms with E-state index in [2.05, 4.69) is 19.9 Å². The zero-order valence-electron chi connectivity index (χ0n) is 13.3. The average molecular weight is 446 g/mol. The van der Waals surface area contributed by atoms with Gasteiger partial charge in [-0.15, -0.1) is 24.0 Å². The van der Waals surface area contributed by atoms with Gasteiger partial charge in [-0.2, -0.15) is 0 Å². The molecule has 2 N–H and O–H groups in total. The Morgan fingerprint density at radius 2 is 2.14 bits per heavy atom. The van der Waals surface area contributed by atoms with E-state index in [1.54, 1.807) is 7.05 Å². The number of hydrogen-bond donors (Lipinski definition) is 2. The molecular weight excluding hydrogens is 419 g/mol. The molecule has 22 heavy (non-hydrogen) atoms. The fourth-order valence-electron chi connectivity index (χ4n) is 2.97. The summed E-state index contributed by atoms with van der Waals surface area (Å²) in [6.45, 7) is 4.88. The second-order valence-electron chi connectivity index (χ2n) is 5.97. The third-order valence-corrected chi connectivity index (χ3v) is 4.86. The first-order valence-electron chi connectivity index (χ1n) is 7.42. The zero-order chi connectivity index (χ0) is 15.3. The van der Waals surface area contributed by atoms with Crippen molar-refractivity contribution in [2.75, 3.05) is 52.7 Å². The van der Waals surface area contributed by atoms with Crippen molar-refractivity contribution in [1.29, 1.82) is 0 Å². The highest BCUT2D eigenvalue weighted by Gasteiger charge is 2.42. The average Bonchev–Trinajstić information content (AvgIpc) is 3.04. The summed E-state index contributed by atoms with van der Waals surface area (Å²) in [7, 11) is -1.31. The molecule has 2 aliphatic heterocycles. The Hall–Kier alpha value is -0.130. The van der Waals surface area contributed by atoms with Crippen molar-refractivity contribution in [2.24, 2.45) is 10.4 Å². The summed E-state index contributed by atoms with van der Waals surface area (Å²) in [5.41, 5.74) is 0.315. The third-order valence-electron chi connectivity index (χ3n) is 4.14. The van der Waals surface area contributed by atoms with Crippen molar-refractivity contribution in [3.05, 3.63) is 0 Å². The van der Waals surface area contributed by atoms with Crippen LogP contribution in [0.1, 0.15) is 19.3 Å². The van der Waals surface area contributed by atoms with E-state index in [1.807, 2.05) is 0 Å². The van der Waals surface area contributed by atoms with E-state index in [4.69, 9.17) is 4.74 Å². The maximum Gasteiger partial charge on any atom is 0.208 e. The zero-order valence-corrected chi connectivity index (χ0v) is 16.4. The van der Waals surface area contributed by atoms with Crippen LogP contribution in [0.25, 0.3) is 0 Å². The number of sulfonamides is 1. The van der Waals surface area contributed by atoms with E-state index in [1.165, 1.54) is 6.26 Å². The number of rotatable bonds is 5. The summed E-state index contributed by atoms with van der Waals surface area (Å²) in [6.07, 6.45) is 4.20. The lowest BCUT2D eigenvalue weighted by molar-refractivity contribution is 0.156. The number of aliphatic imine (C=N–C) groups is 1. The Labute approximate surface area is 150 Å². The van der Waals surface area contributed by atoms with E-state index in [0.717, 1.165) is 51.5 Å². The highest BCUT2D eigenvalue weighted by molar-refractivity contribution is 14.0. The van der Waals surface area contributed by atoms with Crippen LogP contribution < -0.4 is 10.0 Å². The van der Waals surface area contributed by atoms with Gasteiger partial charge in [0, 0.05) is 45.2 Å². The Kier molecular flexibility index (Phi) is 7.83. The first kappa shape index (κ1) is 19.9. The second-order valence-corrected chi connectivity index (χ2v) is 7.80. The van der Waals surface area contributed by atoms with Gasteiger partial charge in [0.25, 0.3) is 0 Å². The molecule has 2 rings (SSSR count). The molecule has 0 aromatic rings. The summed E-state index contributed by atoms with van der Waals surface area (Å²) < 4.78 is 29.9. The highest BCUT2D eigenvalue weighted by Crippen LogP contribution is 2.38. The molecule has 0 bridgehead atoms. The van der Waals surface area contributed by atoms with Gasteiger partial charge in [0.2, 0.25) is 10.0 Å². The minimum atomic E-state index is -3.09. The molecule has 1 atom stereocenters. The molecule has 9 heteroatoms. The molecule has 1 unspecified atom stereocenters. The van der Waals surface area contributed by atoms with Gasteiger partial charge < -0.3 is 15.0 Å². The van der Waals surface area contributed by atoms with Crippen molar-refractivity contribution in [3.8, 4) is 0 Å². The fourth-order valence-corrected chi connectivity index (χ4v) is 3.48. The lowest BCUT2D eigenvalue weighted by atomic mass is 9.87. The number of nitrogens with zero attached hydrogens (tertiary/aromatic N) is 2. The van der Waals surface area contributed by atoms with E-state index in [0.29, 0.717) is 18.5 Å². The summed E-state index contributed by atoms with van der Waals surface area (Å²) in [6, 6.07) is 0. The van der Waals surface area contributed by atoms with Crippen LogP contribution in [0.2, 0.25) is 0 Å². The van der Waals surface area contributed by atoms with Crippen LogP contribution in [-0.2, 0) is 14.8 Å². The Morgan fingerprint density at radius 3 is 2.73 bits per heavy atom. The second kappa shape index (κ2) is 8.65. The van der Waals surface area contributed by atoms with Crippen LogP contribution in [-0.4, -0.2) is 72.0 Å². The van der Waals surface area contributed by atoms with E-state index < -0.39 is 10.0 Å². The highest BCUT2D eigenvalue weighted by atomic mass is 127. The summed E-state index contributed by atoms with van der Waals surface area (Å²) in [5, 5.41) is 3.30. The first-order chi connectivity index (χ1) is 9.94. The van der Waals surface area contributed by atoms with Crippen LogP contribution in [0.3, 0.4) is 0 Å². The van der Waals surface area contributed by atoms with Crippen molar-refractivity contribution in [2.45, 2.75) is 19.3 Å². The minimum Gasteiger partial charge on any atom is -0.381 e. The molecule has 1 spiro atoms. The first-order valence-corrected chi connectivity index (χ1v) is 9.31. The number of nitrogens with one attached hydrogen (secondary N) is 2. The van der Waals surface area contributed by atoms with Gasteiger partial charge in [0.05, 0.1) is 12.9 Å². The van der Waals surface area contributed by atoms with Crippen LogP contribution in [0.4, 0.5) is 0 Å².